The minimum atomic E-state index is -1.07. The molecule has 0 amide bonds. The van der Waals surface area contributed by atoms with E-state index in [4.69, 9.17) is 16.3 Å². The summed E-state index contributed by atoms with van der Waals surface area (Å²) in [6, 6.07) is 3.91. The van der Waals surface area contributed by atoms with Gasteiger partial charge in [0.2, 0.25) is 0 Å². The van der Waals surface area contributed by atoms with Gasteiger partial charge in [0.25, 0.3) is 0 Å². The molecule has 5 nitrogen and oxygen atoms in total. The Hall–Kier alpha value is -1.75. The fourth-order valence-corrected chi connectivity index (χ4v) is 2.23. The normalized spacial score (nSPS) is 21.0. The maximum Gasteiger partial charge on any atom is 0.329 e. The summed E-state index contributed by atoms with van der Waals surface area (Å²) in [7, 11) is 0. The Morgan fingerprint density at radius 2 is 2.22 bits per heavy atom. The van der Waals surface area contributed by atoms with Gasteiger partial charge in [-0.2, -0.15) is 0 Å². The van der Waals surface area contributed by atoms with Crippen LogP contribution in [-0.2, 0) is 14.3 Å². The van der Waals surface area contributed by atoms with Crippen molar-refractivity contribution in [2.24, 2.45) is 0 Å². The highest BCUT2D eigenvalue weighted by atomic mass is 35.5. The van der Waals surface area contributed by atoms with Gasteiger partial charge in [0.15, 0.2) is 0 Å². The first-order chi connectivity index (χ1) is 8.54. The van der Waals surface area contributed by atoms with E-state index in [9.17, 15) is 14.7 Å². The maximum absolute atomic E-state index is 11.7. The number of nitrogens with one attached hydrogen (secondary N) is 1. The Kier molecular flexibility index (Phi) is 3.43. The molecule has 1 aromatic carbocycles. The van der Waals surface area contributed by atoms with E-state index in [1.165, 1.54) is 0 Å². The number of aliphatic carboxylic acids is 1. The molecule has 0 spiro atoms. The zero-order valence-electron chi connectivity index (χ0n) is 9.64. The van der Waals surface area contributed by atoms with Gasteiger partial charge in [0.1, 0.15) is 12.0 Å². The molecule has 1 aliphatic heterocycles. The Morgan fingerprint density at radius 1 is 1.50 bits per heavy atom. The quantitative estimate of drug-likeness (QED) is 0.819. The van der Waals surface area contributed by atoms with Gasteiger partial charge in [-0.25, -0.2) is 4.79 Å². The summed E-state index contributed by atoms with van der Waals surface area (Å²) in [4.78, 5) is 23.0. The summed E-state index contributed by atoms with van der Waals surface area (Å²) in [6.07, 6.45) is 0. The van der Waals surface area contributed by atoms with Gasteiger partial charge in [-0.05, 0) is 24.6 Å². The van der Waals surface area contributed by atoms with Crippen molar-refractivity contribution in [3.8, 4) is 0 Å². The molecule has 0 radical (unpaired) electrons. The highest BCUT2D eigenvalue weighted by Crippen LogP contribution is 2.38. The van der Waals surface area contributed by atoms with Crippen molar-refractivity contribution >= 4 is 29.2 Å². The molecular formula is C12H12ClNO4. The number of carboxylic acids is 1. The van der Waals surface area contributed by atoms with Crippen molar-refractivity contribution in [1.29, 1.82) is 0 Å². The van der Waals surface area contributed by atoms with Crippen LogP contribution in [0.5, 0.6) is 0 Å². The summed E-state index contributed by atoms with van der Waals surface area (Å²) in [5.74, 6) is -2.59. The van der Waals surface area contributed by atoms with E-state index in [1.54, 1.807) is 25.1 Å². The molecule has 2 atom stereocenters. The lowest BCUT2D eigenvalue weighted by Gasteiger charge is -2.14. The lowest BCUT2D eigenvalue weighted by atomic mass is 9.95. The van der Waals surface area contributed by atoms with E-state index >= 15 is 0 Å². The lowest BCUT2D eigenvalue weighted by molar-refractivity contribution is -0.149. The molecule has 1 aliphatic rings. The fourth-order valence-electron chi connectivity index (χ4n) is 2.06. The molecule has 2 rings (SSSR count). The summed E-state index contributed by atoms with van der Waals surface area (Å²) >= 11 is 5.84. The minimum Gasteiger partial charge on any atom is -0.481 e. The first kappa shape index (κ1) is 12.7. The molecule has 1 aromatic rings. The second-order valence-electron chi connectivity index (χ2n) is 3.92. The number of carbonyl (C=O) groups is 2. The molecule has 1 heterocycles. The second-order valence-corrected chi connectivity index (χ2v) is 4.36. The Morgan fingerprint density at radius 3 is 2.83 bits per heavy atom. The average Bonchev–Trinajstić information content (AvgIpc) is 2.67. The van der Waals surface area contributed by atoms with E-state index in [-0.39, 0.29) is 6.61 Å². The summed E-state index contributed by atoms with van der Waals surface area (Å²) in [6.45, 7) is 1.88. The van der Waals surface area contributed by atoms with Crippen molar-refractivity contribution in [1.82, 2.24) is 0 Å². The number of carboxylic acid groups (broad SMARTS) is 1. The van der Waals surface area contributed by atoms with Crippen LogP contribution in [0, 0.1) is 0 Å². The third-order valence-electron chi connectivity index (χ3n) is 2.80. The Labute approximate surface area is 109 Å². The number of benzene rings is 1. The van der Waals surface area contributed by atoms with Gasteiger partial charge in [0, 0.05) is 10.7 Å². The molecule has 0 bridgehead atoms. The van der Waals surface area contributed by atoms with Crippen molar-refractivity contribution in [3.63, 3.8) is 0 Å². The van der Waals surface area contributed by atoms with Crippen LogP contribution >= 0.6 is 11.6 Å². The van der Waals surface area contributed by atoms with E-state index < -0.39 is 23.9 Å². The van der Waals surface area contributed by atoms with Crippen LogP contribution in [0.4, 0.5) is 5.69 Å². The van der Waals surface area contributed by atoms with E-state index in [2.05, 4.69) is 5.32 Å². The number of esters is 1. The van der Waals surface area contributed by atoms with Crippen LogP contribution in [0.2, 0.25) is 5.02 Å². The zero-order chi connectivity index (χ0) is 13.3. The zero-order valence-corrected chi connectivity index (χ0v) is 10.4. The summed E-state index contributed by atoms with van der Waals surface area (Å²) in [5, 5.41) is 12.6. The minimum absolute atomic E-state index is 0.209. The third kappa shape index (κ3) is 2.13. The van der Waals surface area contributed by atoms with Crippen molar-refractivity contribution in [2.45, 2.75) is 18.9 Å². The summed E-state index contributed by atoms with van der Waals surface area (Å²) in [5.41, 5.74) is 1.11. The van der Waals surface area contributed by atoms with Gasteiger partial charge < -0.3 is 15.2 Å². The smallest absolute Gasteiger partial charge is 0.329 e. The van der Waals surface area contributed by atoms with Crippen molar-refractivity contribution < 1.29 is 19.4 Å². The predicted octanol–water partition coefficient (Wildman–Crippen LogP) is 1.87. The van der Waals surface area contributed by atoms with Gasteiger partial charge in [-0.15, -0.1) is 0 Å². The Balaban J connectivity index is 2.37. The number of carbonyl (C=O) groups excluding carboxylic acids is 1. The van der Waals surface area contributed by atoms with Crippen molar-refractivity contribution in [2.75, 3.05) is 11.9 Å². The molecule has 0 aliphatic carbocycles. The van der Waals surface area contributed by atoms with Gasteiger partial charge in [-0.1, -0.05) is 17.7 Å². The van der Waals surface area contributed by atoms with E-state index in [1.807, 2.05) is 0 Å². The molecular weight excluding hydrogens is 258 g/mol. The van der Waals surface area contributed by atoms with Crippen LogP contribution in [0.3, 0.4) is 0 Å². The third-order valence-corrected chi connectivity index (χ3v) is 3.04. The predicted molar refractivity (Wildman–Crippen MR) is 65.9 cm³/mol. The van der Waals surface area contributed by atoms with Crippen LogP contribution < -0.4 is 5.32 Å². The van der Waals surface area contributed by atoms with Crippen molar-refractivity contribution in [3.05, 3.63) is 28.8 Å². The highest BCUT2D eigenvalue weighted by molar-refractivity contribution is 6.31. The van der Waals surface area contributed by atoms with E-state index in [0.717, 1.165) is 0 Å². The monoisotopic (exact) mass is 269 g/mol. The molecule has 96 valence electrons. The number of hydrogen-bond acceptors (Lipinski definition) is 4. The molecule has 0 saturated heterocycles. The summed E-state index contributed by atoms with van der Waals surface area (Å²) < 4.78 is 4.87. The average molecular weight is 270 g/mol. The van der Waals surface area contributed by atoms with Crippen LogP contribution in [0.25, 0.3) is 0 Å². The fraction of sp³-hybridized carbons (Fsp3) is 0.333. The van der Waals surface area contributed by atoms with Gasteiger partial charge in [0.05, 0.1) is 6.61 Å². The van der Waals surface area contributed by atoms with Crippen LogP contribution in [0.1, 0.15) is 18.4 Å². The molecule has 0 aromatic heterocycles. The second kappa shape index (κ2) is 4.86. The first-order valence-electron chi connectivity index (χ1n) is 5.50. The van der Waals surface area contributed by atoms with Gasteiger partial charge in [-0.3, -0.25) is 4.79 Å². The first-order valence-corrected chi connectivity index (χ1v) is 5.87. The van der Waals surface area contributed by atoms with E-state index in [0.29, 0.717) is 16.3 Å². The van der Waals surface area contributed by atoms with Gasteiger partial charge >= 0.3 is 11.9 Å². The lowest BCUT2D eigenvalue weighted by Crippen LogP contribution is -2.35. The Bertz CT molecular complexity index is 503. The molecule has 2 N–H and O–H groups in total. The molecule has 2 unspecified atom stereocenters. The number of anilines is 1. The number of rotatable bonds is 3. The number of halogens is 1. The topological polar surface area (TPSA) is 75.6 Å². The number of ether oxygens (including phenoxy) is 1. The molecule has 0 saturated carbocycles. The molecule has 6 heteroatoms. The number of fused-ring (bicyclic) bond motifs is 1. The largest absolute Gasteiger partial charge is 0.481 e. The maximum atomic E-state index is 11.7. The highest BCUT2D eigenvalue weighted by Gasteiger charge is 2.42. The van der Waals surface area contributed by atoms with Crippen LogP contribution in [-0.4, -0.2) is 29.7 Å². The SMILES string of the molecule is CCOC(=O)C1Nc2cc(Cl)ccc2C1C(=O)O. The van der Waals surface area contributed by atoms with Crippen LogP contribution in [0.15, 0.2) is 18.2 Å². The standard InChI is InChI=1S/C12H12ClNO4/c1-2-18-12(17)10-9(11(15)16)7-4-3-6(13)5-8(7)14-10/h3-5,9-10,14H,2H2,1H3,(H,15,16). The number of hydrogen-bond donors (Lipinski definition) is 2. The molecule has 18 heavy (non-hydrogen) atoms. The molecule has 0 fully saturated rings.